The van der Waals surface area contributed by atoms with E-state index < -0.39 is 24.3 Å². The quantitative estimate of drug-likeness (QED) is 0.812. The van der Waals surface area contributed by atoms with Crippen molar-refractivity contribution in [1.82, 2.24) is 9.55 Å². The number of para-hydroxylation sites is 2. The fraction of sp³-hybridized carbons (Fsp3) is 0.385. The highest BCUT2D eigenvalue weighted by molar-refractivity contribution is 5.88. The number of benzene rings is 1. The number of aryl methyl sites for hydroxylation is 1. The van der Waals surface area contributed by atoms with E-state index in [4.69, 9.17) is 0 Å². The van der Waals surface area contributed by atoms with E-state index in [1.54, 1.807) is 31.2 Å². The van der Waals surface area contributed by atoms with Crippen LogP contribution in [-0.4, -0.2) is 27.4 Å². The zero-order valence-corrected chi connectivity index (χ0v) is 10.9. The minimum atomic E-state index is -5.90. The molecule has 0 aliphatic carbocycles. The largest absolute Gasteiger partial charge is 0.461 e. The van der Waals surface area contributed by atoms with Crippen LogP contribution < -0.4 is 0 Å². The molecule has 8 heteroatoms. The Balaban J connectivity index is 2.38. The summed E-state index contributed by atoms with van der Waals surface area (Å²) in [6, 6.07) is 6.59. The van der Waals surface area contributed by atoms with Gasteiger partial charge in [0.2, 0.25) is 5.78 Å². The Hall–Kier alpha value is -1.99. The first-order chi connectivity index (χ1) is 9.68. The van der Waals surface area contributed by atoms with Crippen LogP contribution in [0.5, 0.6) is 0 Å². The number of ketones is 1. The van der Waals surface area contributed by atoms with Crippen molar-refractivity contribution in [1.29, 1.82) is 0 Å². The Labute approximate surface area is 116 Å². The van der Waals surface area contributed by atoms with Crippen LogP contribution in [0.2, 0.25) is 0 Å². The number of alkyl halides is 5. The van der Waals surface area contributed by atoms with Crippen molar-refractivity contribution in [3.63, 3.8) is 0 Å². The van der Waals surface area contributed by atoms with Crippen molar-refractivity contribution in [2.45, 2.75) is 32.0 Å². The van der Waals surface area contributed by atoms with Crippen molar-refractivity contribution in [2.24, 2.45) is 0 Å². The summed E-state index contributed by atoms with van der Waals surface area (Å²) in [5, 5.41) is 0. The molecule has 0 bridgehead atoms. The number of Topliss-reactive ketones (excluding diaryl/α,β-unsaturated/α-hetero) is 1. The highest BCUT2D eigenvalue weighted by Crippen LogP contribution is 2.36. The molecule has 3 nitrogen and oxygen atoms in total. The number of nitrogens with zero attached hydrogens (tertiary/aromatic N) is 2. The lowest BCUT2D eigenvalue weighted by Gasteiger charge is -2.18. The second-order valence-corrected chi connectivity index (χ2v) is 4.43. The number of imidazole rings is 1. The van der Waals surface area contributed by atoms with Gasteiger partial charge >= 0.3 is 12.1 Å². The number of hydrogen-bond donors (Lipinski definition) is 0. The Morgan fingerprint density at radius 2 is 1.81 bits per heavy atom. The maximum Gasteiger partial charge on any atom is 0.461 e. The van der Waals surface area contributed by atoms with Crippen LogP contribution in [0.3, 0.4) is 0 Å². The van der Waals surface area contributed by atoms with Gasteiger partial charge in [-0.15, -0.1) is 0 Å². The molecule has 1 heterocycles. The highest BCUT2D eigenvalue weighted by Gasteiger charge is 2.62. The number of carbonyl (C=O) groups excluding carboxylic acids is 1. The van der Waals surface area contributed by atoms with Gasteiger partial charge in [-0.3, -0.25) is 4.79 Å². The molecule has 0 radical (unpaired) electrons. The van der Waals surface area contributed by atoms with E-state index >= 15 is 0 Å². The summed E-state index contributed by atoms with van der Waals surface area (Å²) in [4.78, 5) is 15.3. The van der Waals surface area contributed by atoms with E-state index in [0.717, 1.165) is 0 Å². The third kappa shape index (κ3) is 2.62. The van der Waals surface area contributed by atoms with Crippen molar-refractivity contribution >= 4 is 16.8 Å². The van der Waals surface area contributed by atoms with Crippen LogP contribution in [0.1, 0.15) is 12.7 Å². The molecule has 0 saturated carbocycles. The van der Waals surface area contributed by atoms with Crippen molar-refractivity contribution in [3.8, 4) is 0 Å². The maximum atomic E-state index is 13.0. The number of carbonyl (C=O) groups is 1. The molecule has 2 aromatic rings. The summed E-state index contributed by atoms with van der Waals surface area (Å²) in [7, 11) is 0. The molecule has 114 valence electrons. The molecular formula is C13H11F5N2O. The standard InChI is InChI=1S/C13H11F5N2O/c1-2-20-9-6-4-3-5-8(9)19-11(20)7-10(21)12(14,15)13(16,17)18/h3-6H,2,7H2,1H3. The Bertz CT molecular complexity index is 675. The molecule has 0 amide bonds. The van der Waals surface area contributed by atoms with E-state index in [-0.39, 0.29) is 5.82 Å². The summed E-state index contributed by atoms with van der Waals surface area (Å²) < 4.78 is 63.9. The third-order valence-electron chi connectivity index (χ3n) is 3.07. The van der Waals surface area contributed by atoms with Gasteiger partial charge in [0.1, 0.15) is 5.82 Å². The van der Waals surface area contributed by atoms with Gasteiger partial charge in [-0.1, -0.05) is 12.1 Å². The van der Waals surface area contributed by atoms with Gasteiger partial charge in [-0.2, -0.15) is 22.0 Å². The first-order valence-electron chi connectivity index (χ1n) is 6.10. The van der Waals surface area contributed by atoms with Gasteiger partial charge in [0, 0.05) is 6.54 Å². The zero-order valence-electron chi connectivity index (χ0n) is 10.9. The van der Waals surface area contributed by atoms with Crippen LogP contribution in [-0.2, 0) is 17.8 Å². The Kier molecular flexibility index (Phi) is 3.73. The maximum absolute atomic E-state index is 13.0. The minimum Gasteiger partial charge on any atom is -0.328 e. The molecule has 21 heavy (non-hydrogen) atoms. The van der Waals surface area contributed by atoms with Crippen molar-refractivity contribution in [3.05, 3.63) is 30.1 Å². The monoisotopic (exact) mass is 306 g/mol. The minimum absolute atomic E-state index is 0.104. The second kappa shape index (κ2) is 5.09. The number of hydrogen-bond acceptors (Lipinski definition) is 2. The van der Waals surface area contributed by atoms with E-state index in [0.29, 0.717) is 17.6 Å². The number of rotatable bonds is 4. The molecular weight excluding hydrogens is 295 g/mol. The summed E-state index contributed by atoms with van der Waals surface area (Å²) >= 11 is 0. The smallest absolute Gasteiger partial charge is 0.328 e. The molecule has 0 N–H and O–H groups in total. The summed E-state index contributed by atoms with van der Waals surface area (Å²) in [6.45, 7) is 1.99. The normalized spacial score (nSPS) is 12.9. The van der Waals surface area contributed by atoms with E-state index in [1.807, 2.05) is 0 Å². The third-order valence-corrected chi connectivity index (χ3v) is 3.07. The number of halogens is 5. The first-order valence-corrected chi connectivity index (χ1v) is 6.10. The summed E-state index contributed by atoms with van der Waals surface area (Å²) in [5.41, 5.74) is 1.02. The fourth-order valence-electron chi connectivity index (χ4n) is 2.03. The predicted molar refractivity (Wildman–Crippen MR) is 65.1 cm³/mol. The number of aromatic nitrogens is 2. The second-order valence-electron chi connectivity index (χ2n) is 4.43. The molecule has 0 atom stereocenters. The van der Waals surface area contributed by atoms with E-state index in [2.05, 4.69) is 4.98 Å². The fourth-order valence-corrected chi connectivity index (χ4v) is 2.03. The number of fused-ring (bicyclic) bond motifs is 1. The van der Waals surface area contributed by atoms with Gasteiger partial charge in [0.15, 0.2) is 0 Å². The lowest BCUT2D eigenvalue weighted by atomic mass is 10.1. The summed E-state index contributed by atoms with van der Waals surface area (Å²) in [5.74, 6) is -7.68. The molecule has 0 spiro atoms. The Morgan fingerprint density at radius 3 is 2.38 bits per heavy atom. The molecule has 0 aliphatic rings. The van der Waals surface area contributed by atoms with E-state index in [1.165, 1.54) is 4.57 Å². The molecule has 1 aromatic heterocycles. The average molecular weight is 306 g/mol. The van der Waals surface area contributed by atoms with Crippen LogP contribution in [0, 0.1) is 0 Å². The van der Waals surface area contributed by atoms with E-state index in [9.17, 15) is 26.7 Å². The van der Waals surface area contributed by atoms with Crippen LogP contribution >= 0.6 is 0 Å². The Morgan fingerprint density at radius 1 is 1.19 bits per heavy atom. The van der Waals surface area contributed by atoms with Crippen LogP contribution in [0.25, 0.3) is 11.0 Å². The van der Waals surface area contributed by atoms with Gasteiger partial charge in [0.05, 0.1) is 17.5 Å². The summed E-state index contributed by atoms with van der Waals surface area (Å²) in [6.07, 6.45) is -6.97. The molecule has 0 unspecified atom stereocenters. The van der Waals surface area contributed by atoms with Gasteiger partial charge in [-0.05, 0) is 19.1 Å². The highest BCUT2D eigenvalue weighted by atomic mass is 19.4. The topological polar surface area (TPSA) is 34.9 Å². The van der Waals surface area contributed by atoms with Crippen molar-refractivity contribution < 1.29 is 26.7 Å². The van der Waals surface area contributed by atoms with Gasteiger partial charge in [0.25, 0.3) is 0 Å². The molecule has 0 aliphatic heterocycles. The molecule has 0 fully saturated rings. The lowest BCUT2D eigenvalue weighted by molar-refractivity contribution is -0.268. The first kappa shape index (κ1) is 15.4. The van der Waals surface area contributed by atoms with Crippen molar-refractivity contribution in [2.75, 3.05) is 0 Å². The molecule has 1 aromatic carbocycles. The van der Waals surface area contributed by atoms with Gasteiger partial charge in [-0.25, -0.2) is 4.98 Å². The molecule has 2 rings (SSSR count). The van der Waals surface area contributed by atoms with Gasteiger partial charge < -0.3 is 4.57 Å². The van der Waals surface area contributed by atoms with Crippen LogP contribution in [0.15, 0.2) is 24.3 Å². The predicted octanol–water partition coefficient (Wildman–Crippen LogP) is 3.37. The SMILES string of the molecule is CCn1c(CC(=O)C(F)(F)C(F)(F)F)nc2ccccc21. The average Bonchev–Trinajstić information content (AvgIpc) is 2.74. The zero-order chi connectivity index (χ0) is 15.8. The molecule has 0 saturated heterocycles. The van der Waals surface area contributed by atoms with Crippen LogP contribution in [0.4, 0.5) is 22.0 Å². The lowest BCUT2D eigenvalue weighted by Crippen LogP contribution is -2.45.